The lowest BCUT2D eigenvalue weighted by Crippen LogP contribution is -2.20. The third-order valence-electron chi connectivity index (χ3n) is 4.40. The molecular weight excluding hydrogens is 318 g/mol. The van der Waals surface area contributed by atoms with E-state index in [1.807, 2.05) is 18.3 Å². The molecule has 1 saturated carbocycles. The molecule has 25 heavy (non-hydrogen) atoms. The quantitative estimate of drug-likeness (QED) is 0.659. The number of carbonyl (C=O) groups is 1. The number of pyridine rings is 1. The molecule has 8 heteroatoms. The van der Waals surface area contributed by atoms with Gasteiger partial charge >= 0.3 is 0 Å². The van der Waals surface area contributed by atoms with Crippen LogP contribution in [0.15, 0.2) is 36.8 Å². The van der Waals surface area contributed by atoms with Gasteiger partial charge in [0.15, 0.2) is 5.65 Å². The summed E-state index contributed by atoms with van der Waals surface area (Å²) in [6.07, 6.45) is 9.62. The number of fused-ring (bicyclic) bond motifs is 1. The molecule has 3 heterocycles. The first-order valence-electron chi connectivity index (χ1n) is 8.33. The Bertz CT molecular complexity index is 914. The first-order chi connectivity index (χ1) is 12.2. The van der Waals surface area contributed by atoms with Crippen LogP contribution in [-0.4, -0.2) is 31.5 Å². The number of primary amides is 1. The third kappa shape index (κ3) is 3.23. The second-order valence-corrected chi connectivity index (χ2v) is 6.18. The zero-order valence-electron chi connectivity index (χ0n) is 13.6. The van der Waals surface area contributed by atoms with E-state index in [2.05, 4.69) is 25.7 Å². The molecule has 0 spiro atoms. The molecule has 128 valence electrons. The zero-order chi connectivity index (χ0) is 17.2. The molecular formula is C17H19N7O. The van der Waals surface area contributed by atoms with Gasteiger partial charge in [-0.05, 0) is 18.9 Å². The maximum absolute atomic E-state index is 11.7. The van der Waals surface area contributed by atoms with Crippen molar-refractivity contribution in [2.45, 2.75) is 31.7 Å². The topological polar surface area (TPSA) is 110 Å². The molecule has 1 aliphatic rings. The van der Waals surface area contributed by atoms with Gasteiger partial charge in [-0.25, -0.2) is 14.5 Å². The fourth-order valence-electron chi connectivity index (χ4n) is 3.14. The Balaban J connectivity index is 1.61. The summed E-state index contributed by atoms with van der Waals surface area (Å²) in [5, 5.41) is 10.7. The smallest absolute Gasteiger partial charge is 0.252 e. The van der Waals surface area contributed by atoms with Crippen LogP contribution in [0.25, 0.3) is 5.65 Å². The minimum Gasteiger partial charge on any atom is -0.382 e. The van der Waals surface area contributed by atoms with Crippen LogP contribution in [-0.2, 0) is 0 Å². The molecule has 0 atom stereocenters. The zero-order valence-corrected chi connectivity index (χ0v) is 13.6. The first kappa shape index (κ1) is 15.4. The number of anilines is 3. The average molecular weight is 337 g/mol. The van der Waals surface area contributed by atoms with Gasteiger partial charge in [0.2, 0.25) is 0 Å². The number of hydrogen-bond acceptors (Lipinski definition) is 6. The van der Waals surface area contributed by atoms with Crippen molar-refractivity contribution in [1.29, 1.82) is 0 Å². The summed E-state index contributed by atoms with van der Waals surface area (Å²) in [6, 6.07) is 5.81. The number of aromatic nitrogens is 4. The summed E-state index contributed by atoms with van der Waals surface area (Å²) in [7, 11) is 0. The van der Waals surface area contributed by atoms with Crippen LogP contribution in [0.4, 0.5) is 17.3 Å². The van der Waals surface area contributed by atoms with Gasteiger partial charge in [0.05, 0.1) is 17.4 Å². The van der Waals surface area contributed by atoms with Crippen LogP contribution in [0.1, 0.15) is 36.0 Å². The minimum atomic E-state index is -0.488. The number of amides is 1. The van der Waals surface area contributed by atoms with Crippen molar-refractivity contribution in [3.8, 4) is 0 Å². The fourth-order valence-corrected chi connectivity index (χ4v) is 3.14. The molecule has 1 fully saturated rings. The van der Waals surface area contributed by atoms with Crippen molar-refractivity contribution in [3.05, 3.63) is 42.4 Å². The van der Waals surface area contributed by atoms with E-state index in [9.17, 15) is 4.79 Å². The number of hydrogen-bond donors (Lipinski definition) is 3. The Kier molecular flexibility index (Phi) is 3.93. The minimum absolute atomic E-state index is 0.370. The molecule has 3 aromatic rings. The summed E-state index contributed by atoms with van der Waals surface area (Å²) in [4.78, 5) is 20.4. The average Bonchev–Trinajstić information content (AvgIpc) is 3.26. The maximum atomic E-state index is 11.7. The molecule has 0 saturated heterocycles. The van der Waals surface area contributed by atoms with Crippen molar-refractivity contribution < 1.29 is 4.79 Å². The van der Waals surface area contributed by atoms with Crippen molar-refractivity contribution in [2.75, 3.05) is 10.6 Å². The predicted molar refractivity (Wildman–Crippen MR) is 94.9 cm³/mol. The van der Waals surface area contributed by atoms with Gasteiger partial charge in [0, 0.05) is 30.6 Å². The molecule has 4 N–H and O–H groups in total. The third-order valence-corrected chi connectivity index (χ3v) is 4.40. The number of rotatable bonds is 5. The van der Waals surface area contributed by atoms with Gasteiger partial charge in [0.1, 0.15) is 11.6 Å². The molecule has 4 rings (SSSR count). The molecule has 0 aliphatic heterocycles. The Morgan fingerprint density at radius 3 is 2.88 bits per heavy atom. The van der Waals surface area contributed by atoms with Crippen molar-refractivity contribution in [2.24, 2.45) is 5.73 Å². The van der Waals surface area contributed by atoms with Crippen LogP contribution in [0.2, 0.25) is 0 Å². The van der Waals surface area contributed by atoms with Gasteiger partial charge in [-0.1, -0.05) is 12.8 Å². The molecule has 0 unspecified atom stereocenters. The molecule has 0 aromatic carbocycles. The highest BCUT2D eigenvalue weighted by molar-refractivity contribution is 5.98. The van der Waals surface area contributed by atoms with Crippen molar-refractivity contribution in [3.63, 3.8) is 0 Å². The Morgan fingerprint density at radius 1 is 1.24 bits per heavy atom. The summed E-state index contributed by atoms with van der Waals surface area (Å²) in [5.74, 6) is 0.763. The van der Waals surface area contributed by atoms with Gasteiger partial charge in [-0.15, -0.1) is 0 Å². The number of carbonyl (C=O) groups excluding carboxylic acids is 1. The van der Waals surface area contributed by atoms with E-state index in [0.29, 0.717) is 28.9 Å². The van der Waals surface area contributed by atoms with Crippen molar-refractivity contribution in [1.82, 2.24) is 19.6 Å². The highest BCUT2D eigenvalue weighted by Crippen LogP contribution is 2.26. The lowest BCUT2D eigenvalue weighted by atomic mass is 10.1. The highest BCUT2D eigenvalue weighted by Gasteiger charge is 2.18. The van der Waals surface area contributed by atoms with E-state index in [0.717, 1.165) is 18.5 Å². The molecule has 0 radical (unpaired) electrons. The second-order valence-electron chi connectivity index (χ2n) is 6.18. The number of nitrogens with one attached hydrogen (secondary N) is 2. The van der Waals surface area contributed by atoms with E-state index in [1.54, 1.807) is 16.8 Å². The normalized spacial score (nSPS) is 14.7. The molecule has 3 aromatic heterocycles. The van der Waals surface area contributed by atoms with Crippen LogP contribution >= 0.6 is 0 Å². The van der Waals surface area contributed by atoms with E-state index < -0.39 is 5.91 Å². The van der Waals surface area contributed by atoms with Crippen LogP contribution < -0.4 is 16.4 Å². The summed E-state index contributed by atoms with van der Waals surface area (Å²) < 4.78 is 1.68. The van der Waals surface area contributed by atoms with Crippen LogP contribution in [0.5, 0.6) is 0 Å². The van der Waals surface area contributed by atoms with Gasteiger partial charge in [-0.3, -0.25) is 4.79 Å². The van der Waals surface area contributed by atoms with E-state index in [4.69, 9.17) is 5.73 Å². The highest BCUT2D eigenvalue weighted by atomic mass is 16.1. The van der Waals surface area contributed by atoms with Gasteiger partial charge < -0.3 is 16.4 Å². The number of nitrogens with zero attached hydrogens (tertiary/aromatic N) is 4. The SMILES string of the molecule is NC(=O)c1cnc(Nc2ccn3nccc3n2)cc1NC1CCCC1. The standard InChI is InChI=1S/C17H19N7O/c18-17(25)12-10-19-15(9-13(12)21-11-3-1-2-4-11)22-14-6-8-24-16(23-14)5-7-20-24/h5-11H,1-4H2,(H2,18,25)(H2,19,21,22,23). The lowest BCUT2D eigenvalue weighted by Gasteiger charge is -2.17. The number of nitrogens with two attached hydrogens (primary N) is 1. The van der Waals surface area contributed by atoms with E-state index >= 15 is 0 Å². The monoisotopic (exact) mass is 337 g/mol. The summed E-state index contributed by atoms with van der Waals surface area (Å²) in [6.45, 7) is 0. The Morgan fingerprint density at radius 2 is 2.08 bits per heavy atom. The van der Waals surface area contributed by atoms with E-state index in [1.165, 1.54) is 19.0 Å². The van der Waals surface area contributed by atoms with Gasteiger partial charge in [0.25, 0.3) is 5.91 Å². The fraction of sp³-hybridized carbons (Fsp3) is 0.294. The largest absolute Gasteiger partial charge is 0.382 e. The van der Waals surface area contributed by atoms with Crippen molar-refractivity contribution >= 4 is 28.9 Å². The second kappa shape index (κ2) is 6.39. The molecule has 8 nitrogen and oxygen atoms in total. The first-order valence-corrected chi connectivity index (χ1v) is 8.33. The Labute approximate surface area is 144 Å². The molecule has 1 aliphatic carbocycles. The van der Waals surface area contributed by atoms with Crippen LogP contribution in [0, 0.1) is 0 Å². The summed E-state index contributed by atoms with van der Waals surface area (Å²) in [5.41, 5.74) is 7.33. The molecule has 0 bridgehead atoms. The van der Waals surface area contributed by atoms with Crippen LogP contribution in [0.3, 0.4) is 0 Å². The van der Waals surface area contributed by atoms with Gasteiger partial charge in [-0.2, -0.15) is 5.10 Å². The maximum Gasteiger partial charge on any atom is 0.252 e. The Hall–Kier alpha value is -3.16. The van der Waals surface area contributed by atoms with E-state index in [-0.39, 0.29) is 0 Å². The molecule has 1 amide bonds. The summed E-state index contributed by atoms with van der Waals surface area (Å²) >= 11 is 0. The predicted octanol–water partition coefficient (Wildman–Crippen LogP) is 2.32. The lowest BCUT2D eigenvalue weighted by molar-refractivity contribution is 0.100.